The first-order valence-electron chi connectivity index (χ1n) is 7.31. The third-order valence-corrected chi connectivity index (χ3v) is 4.06. The van der Waals surface area contributed by atoms with E-state index in [1.54, 1.807) is 0 Å². The van der Waals surface area contributed by atoms with Gasteiger partial charge >= 0.3 is 0 Å². The number of halogens is 1. The van der Waals surface area contributed by atoms with Crippen molar-refractivity contribution in [1.29, 1.82) is 0 Å². The molecule has 2 heterocycles. The lowest BCUT2D eigenvalue weighted by Crippen LogP contribution is -2.57. The van der Waals surface area contributed by atoms with Crippen LogP contribution in [0, 0.1) is 5.92 Å². The zero-order valence-electron chi connectivity index (χ0n) is 12.9. The number of carbonyl (C=O) groups is 1. The van der Waals surface area contributed by atoms with Crippen molar-refractivity contribution in [3.8, 4) is 0 Å². The standard InChI is InChI=1S/C16H19BrN4O/c1-16(2,3)20-14(22)11-8-21(9-11)15-18-7-10-6-12(17)4-5-13(10)19-15/h4-7,11H,8-9H2,1-3H3,(H,20,22). The van der Waals surface area contributed by atoms with E-state index in [9.17, 15) is 4.79 Å². The third-order valence-electron chi connectivity index (χ3n) is 3.56. The van der Waals surface area contributed by atoms with Crippen LogP contribution in [0.15, 0.2) is 28.9 Å². The molecule has 0 radical (unpaired) electrons. The van der Waals surface area contributed by atoms with Gasteiger partial charge in [-0.1, -0.05) is 15.9 Å². The number of fused-ring (bicyclic) bond motifs is 1. The summed E-state index contributed by atoms with van der Waals surface area (Å²) in [7, 11) is 0. The molecule has 0 saturated carbocycles. The van der Waals surface area contributed by atoms with Crippen LogP contribution < -0.4 is 10.2 Å². The number of nitrogens with zero attached hydrogens (tertiary/aromatic N) is 3. The summed E-state index contributed by atoms with van der Waals surface area (Å²) >= 11 is 3.44. The van der Waals surface area contributed by atoms with Gasteiger partial charge in [0.25, 0.3) is 0 Å². The van der Waals surface area contributed by atoms with Gasteiger partial charge in [0.2, 0.25) is 11.9 Å². The summed E-state index contributed by atoms with van der Waals surface area (Å²) in [5.41, 5.74) is 0.723. The van der Waals surface area contributed by atoms with Crippen molar-refractivity contribution in [2.45, 2.75) is 26.3 Å². The lowest BCUT2D eigenvalue weighted by Gasteiger charge is -2.39. The summed E-state index contributed by atoms with van der Waals surface area (Å²) in [6.07, 6.45) is 1.82. The van der Waals surface area contributed by atoms with E-state index in [-0.39, 0.29) is 17.4 Å². The zero-order valence-corrected chi connectivity index (χ0v) is 14.5. The maximum Gasteiger partial charge on any atom is 0.227 e. The smallest absolute Gasteiger partial charge is 0.227 e. The molecule has 1 aromatic carbocycles. The van der Waals surface area contributed by atoms with E-state index in [0.29, 0.717) is 19.0 Å². The molecule has 0 atom stereocenters. The maximum atomic E-state index is 12.1. The Labute approximate surface area is 138 Å². The predicted molar refractivity (Wildman–Crippen MR) is 90.8 cm³/mol. The van der Waals surface area contributed by atoms with Crippen molar-refractivity contribution in [3.05, 3.63) is 28.9 Å². The molecule has 2 aromatic rings. The zero-order chi connectivity index (χ0) is 15.9. The van der Waals surface area contributed by atoms with Gasteiger partial charge < -0.3 is 10.2 Å². The molecule has 5 nitrogen and oxygen atoms in total. The number of carbonyl (C=O) groups excluding carboxylic acids is 1. The fourth-order valence-electron chi connectivity index (χ4n) is 2.43. The highest BCUT2D eigenvalue weighted by molar-refractivity contribution is 9.10. The van der Waals surface area contributed by atoms with Gasteiger partial charge in [-0.05, 0) is 39.0 Å². The molecular formula is C16H19BrN4O. The average molecular weight is 363 g/mol. The van der Waals surface area contributed by atoms with Crippen LogP contribution in [0.4, 0.5) is 5.95 Å². The summed E-state index contributed by atoms with van der Waals surface area (Å²) in [4.78, 5) is 23.1. The molecule has 6 heteroatoms. The normalized spacial score (nSPS) is 15.7. The highest BCUT2D eigenvalue weighted by Gasteiger charge is 2.35. The highest BCUT2D eigenvalue weighted by atomic mass is 79.9. The minimum Gasteiger partial charge on any atom is -0.351 e. The second-order valence-corrected chi connectivity index (χ2v) is 7.63. The Balaban J connectivity index is 1.68. The fourth-order valence-corrected chi connectivity index (χ4v) is 2.80. The van der Waals surface area contributed by atoms with Gasteiger partial charge in [0.15, 0.2) is 0 Å². The molecule has 116 valence electrons. The monoisotopic (exact) mass is 362 g/mol. The Hall–Kier alpha value is -1.69. The number of rotatable bonds is 2. The summed E-state index contributed by atoms with van der Waals surface area (Å²) in [6, 6.07) is 5.93. The van der Waals surface area contributed by atoms with Crippen molar-refractivity contribution in [3.63, 3.8) is 0 Å². The molecule has 1 aromatic heterocycles. The SMILES string of the molecule is CC(C)(C)NC(=O)C1CN(c2ncc3cc(Br)ccc3n2)C1. The van der Waals surface area contributed by atoms with Crippen molar-refractivity contribution in [2.24, 2.45) is 5.92 Å². The molecule has 1 N–H and O–H groups in total. The van der Waals surface area contributed by atoms with Gasteiger partial charge in [0, 0.05) is 34.7 Å². The van der Waals surface area contributed by atoms with Gasteiger partial charge in [-0.25, -0.2) is 9.97 Å². The van der Waals surface area contributed by atoms with Crippen molar-refractivity contribution < 1.29 is 4.79 Å². The second kappa shape index (κ2) is 5.50. The molecule has 1 amide bonds. The molecule has 1 fully saturated rings. The molecule has 22 heavy (non-hydrogen) atoms. The van der Waals surface area contributed by atoms with E-state index >= 15 is 0 Å². The van der Waals surface area contributed by atoms with Gasteiger partial charge in [0.05, 0.1) is 11.4 Å². The minimum absolute atomic E-state index is 0.0171. The maximum absolute atomic E-state index is 12.1. The Morgan fingerprint density at radius 2 is 2.09 bits per heavy atom. The Bertz CT molecular complexity index is 720. The lowest BCUT2D eigenvalue weighted by atomic mass is 9.97. The van der Waals surface area contributed by atoms with Crippen LogP contribution in [0.3, 0.4) is 0 Å². The minimum atomic E-state index is -0.190. The number of hydrogen-bond donors (Lipinski definition) is 1. The van der Waals surface area contributed by atoms with Crippen LogP contribution in [-0.4, -0.2) is 34.5 Å². The van der Waals surface area contributed by atoms with Crippen LogP contribution in [0.2, 0.25) is 0 Å². The second-order valence-electron chi connectivity index (χ2n) is 6.71. The summed E-state index contributed by atoms with van der Waals surface area (Å²) < 4.78 is 1.01. The first kappa shape index (κ1) is 15.2. The number of aromatic nitrogens is 2. The lowest BCUT2D eigenvalue weighted by molar-refractivity contribution is -0.127. The van der Waals surface area contributed by atoms with Crippen molar-refractivity contribution in [2.75, 3.05) is 18.0 Å². The number of amides is 1. The molecule has 1 aliphatic heterocycles. The number of anilines is 1. The number of nitrogens with one attached hydrogen (secondary N) is 1. The Kier molecular flexibility index (Phi) is 3.80. The highest BCUT2D eigenvalue weighted by Crippen LogP contribution is 2.24. The third kappa shape index (κ3) is 3.21. The first-order chi connectivity index (χ1) is 10.3. The van der Waals surface area contributed by atoms with E-state index in [4.69, 9.17) is 0 Å². The molecule has 0 unspecified atom stereocenters. The Morgan fingerprint density at radius 3 is 2.77 bits per heavy atom. The van der Waals surface area contributed by atoms with E-state index in [1.807, 2.05) is 50.1 Å². The molecular weight excluding hydrogens is 344 g/mol. The first-order valence-corrected chi connectivity index (χ1v) is 8.10. The van der Waals surface area contributed by atoms with E-state index in [1.165, 1.54) is 0 Å². The molecule has 0 aliphatic carbocycles. The number of benzene rings is 1. The quantitative estimate of drug-likeness (QED) is 0.892. The van der Waals surface area contributed by atoms with Gasteiger partial charge in [-0.15, -0.1) is 0 Å². The summed E-state index contributed by atoms with van der Waals surface area (Å²) in [6.45, 7) is 7.32. The molecule has 0 spiro atoms. The topological polar surface area (TPSA) is 58.1 Å². The average Bonchev–Trinajstić information content (AvgIpc) is 2.35. The fraction of sp³-hybridized carbons (Fsp3) is 0.438. The molecule has 1 aliphatic rings. The van der Waals surface area contributed by atoms with E-state index < -0.39 is 0 Å². The van der Waals surface area contributed by atoms with Gasteiger partial charge in [0.1, 0.15) is 0 Å². The van der Waals surface area contributed by atoms with Crippen LogP contribution in [0.25, 0.3) is 10.9 Å². The summed E-state index contributed by atoms with van der Waals surface area (Å²) in [5, 5.41) is 4.02. The van der Waals surface area contributed by atoms with E-state index in [2.05, 4.69) is 31.2 Å². The van der Waals surface area contributed by atoms with Crippen LogP contribution in [-0.2, 0) is 4.79 Å². The van der Waals surface area contributed by atoms with Gasteiger partial charge in [-0.3, -0.25) is 4.79 Å². The molecule has 1 saturated heterocycles. The Morgan fingerprint density at radius 1 is 1.36 bits per heavy atom. The number of hydrogen-bond acceptors (Lipinski definition) is 4. The van der Waals surface area contributed by atoms with Crippen LogP contribution in [0.1, 0.15) is 20.8 Å². The molecule has 0 bridgehead atoms. The van der Waals surface area contributed by atoms with Crippen molar-refractivity contribution >= 4 is 38.7 Å². The van der Waals surface area contributed by atoms with E-state index in [0.717, 1.165) is 15.4 Å². The van der Waals surface area contributed by atoms with Crippen LogP contribution >= 0.6 is 15.9 Å². The molecule has 3 rings (SSSR count). The summed E-state index contributed by atoms with van der Waals surface area (Å²) in [5.74, 6) is 0.812. The van der Waals surface area contributed by atoms with Crippen molar-refractivity contribution in [1.82, 2.24) is 15.3 Å². The van der Waals surface area contributed by atoms with Gasteiger partial charge in [-0.2, -0.15) is 0 Å². The largest absolute Gasteiger partial charge is 0.351 e. The predicted octanol–water partition coefficient (Wildman–Crippen LogP) is 2.74. The van der Waals surface area contributed by atoms with Crippen LogP contribution in [0.5, 0.6) is 0 Å².